The first-order chi connectivity index (χ1) is 12.2. The van der Waals surface area contributed by atoms with Crippen molar-refractivity contribution in [2.75, 3.05) is 26.7 Å². The Labute approximate surface area is 147 Å². The van der Waals surface area contributed by atoms with Crippen molar-refractivity contribution in [3.63, 3.8) is 0 Å². The van der Waals surface area contributed by atoms with Crippen LogP contribution in [0.4, 0.5) is 0 Å². The number of amides is 1. The van der Waals surface area contributed by atoms with Crippen molar-refractivity contribution in [3.05, 3.63) is 41.7 Å². The Balaban J connectivity index is 1.61. The van der Waals surface area contributed by atoms with Crippen LogP contribution in [0.15, 0.2) is 30.3 Å². The van der Waals surface area contributed by atoms with Crippen molar-refractivity contribution in [2.45, 2.75) is 26.0 Å². The summed E-state index contributed by atoms with van der Waals surface area (Å²) in [4.78, 5) is 14.5. The number of piperazine rings is 1. The van der Waals surface area contributed by atoms with Crippen LogP contribution in [0.5, 0.6) is 11.5 Å². The number of hydrogen-bond acceptors (Lipinski definition) is 5. The molecule has 1 fully saturated rings. The van der Waals surface area contributed by atoms with Crippen molar-refractivity contribution in [3.8, 4) is 11.5 Å². The fourth-order valence-electron chi connectivity index (χ4n) is 2.88. The molecule has 1 amide bonds. The van der Waals surface area contributed by atoms with Crippen LogP contribution in [0.3, 0.4) is 0 Å². The lowest BCUT2D eigenvalue weighted by Crippen LogP contribution is -2.52. The third-order valence-electron chi connectivity index (χ3n) is 4.34. The molecule has 1 saturated heterocycles. The number of carbonyl (C=O) groups is 1. The summed E-state index contributed by atoms with van der Waals surface area (Å²) in [5.41, 5.74) is 1.17. The molecule has 0 saturated carbocycles. The maximum atomic E-state index is 12.6. The highest BCUT2D eigenvalue weighted by Crippen LogP contribution is 2.26. The van der Waals surface area contributed by atoms with E-state index in [1.165, 1.54) is 0 Å². The highest BCUT2D eigenvalue weighted by atomic mass is 16.5. The third kappa shape index (κ3) is 4.11. The molecule has 2 heterocycles. The van der Waals surface area contributed by atoms with E-state index < -0.39 is 0 Å². The number of aromatic nitrogens is 2. The highest BCUT2D eigenvalue weighted by molar-refractivity contribution is 5.92. The van der Waals surface area contributed by atoms with Gasteiger partial charge in [0.25, 0.3) is 5.91 Å². The van der Waals surface area contributed by atoms with Gasteiger partial charge in [-0.05, 0) is 24.6 Å². The fourth-order valence-corrected chi connectivity index (χ4v) is 2.88. The van der Waals surface area contributed by atoms with Crippen LogP contribution in [0.25, 0.3) is 0 Å². The van der Waals surface area contributed by atoms with Gasteiger partial charge in [0.1, 0.15) is 6.61 Å². The SMILES string of the molecule is CCC1CN(C(=O)c2cc(COc3ccccc3OC)[nH]n2)CCN1. The van der Waals surface area contributed by atoms with E-state index in [1.807, 2.05) is 29.2 Å². The number of carbonyl (C=O) groups excluding carboxylic acids is 1. The zero-order valence-corrected chi connectivity index (χ0v) is 14.6. The molecule has 1 aromatic heterocycles. The van der Waals surface area contributed by atoms with E-state index in [9.17, 15) is 4.79 Å². The van der Waals surface area contributed by atoms with Crippen LogP contribution in [0.2, 0.25) is 0 Å². The van der Waals surface area contributed by atoms with Gasteiger partial charge >= 0.3 is 0 Å². The van der Waals surface area contributed by atoms with Gasteiger partial charge in [-0.2, -0.15) is 5.10 Å². The van der Waals surface area contributed by atoms with Gasteiger partial charge in [-0.25, -0.2) is 0 Å². The van der Waals surface area contributed by atoms with Gasteiger partial charge in [0.15, 0.2) is 17.2 Å². The van der Waals surface area contributed by atoms with Gasteiger partial charge in [-0.15, -0.1) is 0 Å². The second-order valence-corrected chi connectivity index (χ2v) is 6.03. The van der Waals surface area contributed by atoms with E-state index in [1.54, 1.807) is 13.2 Å². The standard InChI is InChI=1S/C18H24N4O3/c1-3-13-11-22(9-8-19-13)18(23)15-10-14(20-21-15)12-25-17-7-5-4-6-16(17)24-2/h4-7,10,13,19H,3,8-9,11-12H2,1-2H3,(H,20,21). The maximum Gasteiger partial charge on any atom is 0.274 e. The predicted octanol–water partition coefficient (Wildman–Crippen LogP) is 1.82. The van der Waals surface area contributed by atoms with Gasteiger partial charge in [0, 0.05) is 25.7 Å². The van der Waals surface area contributed by atoms with Crippen molar-refractivity contribution in [1.82, 2.24) is 20.4 Å². The summed E-state index contributed by atoms with van der Waals surface area (Å²) in [7, 11) is 1.60. The lowest BCUT2D eigenvalue weighted by Gasteiger charge is -2.32. The fraction of sp³-hybridized carbons (Fsp3) is 0.444. The number of benzene rings is 1. The number of H-pyrrole nitrogens is 1. The van der Waals surface area contributed by atoms with E-state index in [-0.39, 0.29) is 5.91 Å². The second kappa shape index (κ2) is 8.02. The molecule has 7 heteroatoms. The summed E-state index contributed by atoms with van der Waals surface area (Å²) < 4.78 is 11.0. The molecular weight excluding hydrogens is 320 g/mol. The highest BCUT2D eigenvalue weighted by Gasteiger charge is 2.24. The quantitative estimate of drug-likeness (QED) is 0.836. The number of nitrogens with zero attached hydrogens (tertiary/aromatic N) is 2. The first-order valence-electron chi connectivity index (χ1n) is 8.54. The van der Waals surface area contributed by atoms with E-state index in [2.05, 4.69) is 22.4 Å². The Morgan fingerprint density at radius 1 is 1.36 bits per heavy atom. The van der Waals surface area contributed by atoms with Crippen molar-refractivity contribution in [1.29, 1.82) is 0 Å². The second-order valence-electron chi connectivity index (χ2n) is 6.03. The first kappa shape index (κ1) is 17.3. The Hall–Kier alpha value is -2.54. The summed E-state index contributed by atoms with van der Waals surface area (Å²) in [5.74, 6) is 1.28. The monoisotopic (exact) mass is 344 g/mol. The number of hydrogen-bond donors (Lipinski definition) is 2. The van der Waals surface area contributed by atoms with Gasteiger partial charge in [0.2, 0.25) is 0 Å². The van der Waals surface area contributed by atoms with Crippen LogP contribution >= 0.6 is 0 Å². The van der Waals surface area contributed by atoms with Gasteiger partial charge < -0.3 is 19.7 Å². The van der Waals surface area contributed by atoms with Gasteiger partial charge in [0.05, 0.1) is 12.8 Å². The number of nitrogens with one attached hydrogen (secondary N) is 2. The molecule has 2 aromatic rings. The molecular formula is C18H24N4O3. The number of rotatable bonds is 6. The molecule has 25 heavy (non-hydrogen) atoms. The minimum absolute atomic E-state index is 0.0419. The Kier molecular flexibility index (Phi) is 5.55. The number of aromatic amines is 1. The van der Waals surface area contributed by atoms with Crippen molar-refractivity contribution >= 4 is 5.91 Å². The molecule has 1 aromatic carbocycles. The Bertz CT molecular complexity index is 716. The maximum absolute atomic E-state index is 12.6. The number of para-hydroxylation sites is 2. The average Bonchev–Trinajstić information content (AvgIpc) is 3.15. The summed E-state index contributed by atoms with van der Waals surface area (Å²) in [6, 6.07) is 9.55. The van der Waals surface area contributed by atoms with Crippen LogP contribution in [0.1, 0.15) is 29.5 Å². The molecule has 2 N–H and O–H groups in total. The summed E-state index contributed by atoms with van der Waals surface area (Å²) in [6.45, 7) is 4.65. The molecule has 1 atom stereocenters. The predicted molar refractivity (Wildman–Crippen MR) is 93.9 cm³/mol. The normalized spacial score (nSPS) is 17.4. The number of methoxy groups -OCH3 is 1. The van der Waals surface area contributed by atoms with E-state index in [4.69, 9.17) is 9.47 Å². The van der Waals surface area contributed by atoms with E-state index >= 15 is 0 Å². The minimum Gasteiger partial charge on any atom is -0.493 e. The Morgan fingerprint density at radius 2 is 2.16 bits per heavy atom. The van der Waals surface area contributed by atoms with Crippen LogP contribution < -0.4 is 14.8 Å². The topological polar surface area (TPSA) is 79.5 Å². The zero-order chi connectivity index (χ0) is 17.6. The Morgan fingerprint density at radius 3 is 2.92 bits per heavy atom. The van der Waals surface area contributed by atoms with Crippen LogP contribution in [0, 0.1) is 0 Å². The molecule has 0 bridgehead atoms. The largest absolute Gasteiger partial charge is 0.493 e. The molecule has 0 aliphatic carbocycles. The smallest absolute Gasteiger partial charge is 0.274 e. The van der Waals surface area contributed by atoms with Gasteiger partial charge in [-0.1, -0.05) is 19.1 Å². The number of ether oxygens (including phenoxy) is 2. The summed E-state index contributed by atoms with van der Waals surface area (Å²) in [6.07, 6.45) is 1.00. The van der Waals surface area contributed by atoms with Crippen LogP contribution in [-0.2, 0) is 6.61 Å². The molecule has 1 aliphatic heterocycles. The molecule has 7 nitrogen and oxygen atoms in total. The first-order valence-corrected chi connectivity index (χ1v) is 8.54. The lowest BCUT2D eigenvalue weighted by atomic mass is 10.1. The molecule has 134 valence electrons. The average molecular weight is 344 g/mol. The third-order valence-corrected chi connectivity index (χ3v) is 4.34. The summed E-state index contributed by atoms with van der Waals surface area (Å²) >= 11 is 0. The minimum atomic E-state index is -0.0419. The molecule has 3 rings (SSSR count). The molecule has 0 spiro atoms. The van der Waals surface area contributed by atoms with Crippen molar-refractivity contribution in [2.24, 2.45) is 0 Å². The molecule has 1 unspecified atom stereocenters. The van der Waals surface area contributed by atoms with E-state index in [0.717, 1.165) is 25.2 Å². The van der Waals surface area contributed by atoms with Crippen molar-refractivity contribution < 1.29 is 14.3 Å². The lowest BCUT2D eigenvalue weighted by molar-refractivity contribution is 0.0695. The van der Waals surface area contributed by atoms with Crippen LogP contribution in [-0.4, -0.2) is 53.8 Å². The van der Waals surface area contributed by atoms with E-state index in [0.29, 0.717) is 36.4 Å². The zero-order valence-electron chi connectivity index (χ0n) is 14.6. The molecule has 0 radical (unpaired) electrons. The van der Waals surface area contributed by atoms with Gasteiger partial charge in [-0.3, -0.25) is 9.89 Å². The summed E-state index contributed by atoms with van der Waals surface area (Å²) in [5, 5.41) is 10.4. The molecule has 1 aliphatic rings.